The molecule has 0 aliphatic rings. The fourth-order valence-electron chi connectivity index (χ4n) is 1.87. The molecule has 0 spiro atoms. The van der Waals surface area contributed by atoms with Gasteiger partial charge in [0.05, 0.1) is 10.2 Å². The van der Waals surface area contributed by atoms with E-state index in [0.717, 1.165) is 18.1 Å². The number of rotatable bonds is 3. The van der Waals surface area contributed by atoms with Gasteiger partial charge in [-0.05, 0) is 24.2 Å². The van der Waals surface area contributed by atoms with Crippen LogP contribution in [-0.4, -0.2) is 15.9 Å². The highest BCUT2D eigenvalue weighted by molar-refractivity contribution is 7.23. The van der Waals surface area contributed by atoms with Crippen LogP contribution in [-0.2, 0) is 6.54 Å². The highest BCUT2D eigenvalue weighted by Crippen LogP contribution is 2.26. The number of hydrogen-bond acceptors (Lipinski definition) is 3. The van der Waals surface area contributed by atoms with E-state index in [0.29, 0.717) is 0 Å². The van der Waals surface area contributed by atoms with Crippen LogP contribution in [0.1, 0.15) is 12.5 Å². The minimum Gasteiger partial charge on any atom is -0.313 e. The van der Waals surface area contributed by atoms with Crippen LogP contribution in [0.5, 0.6) is 0 Å². The SMILES string of the molecule is CCNCc1ccc2c(c1)sc1nccn12. The molecule has 1 aromatic carbocycles. The summed E-state index contributed by atoms with van der Waals surface area (Å²) >= 11 is 1.74. The summed E-state index contributed by atoms with van der Waals surface area (Å²) in [5, 5.41) is 3.34. The summed E-state index contributed by atoms with van der Waals surface area (Å²) in [6.07, 6.45) is 3.86. The number of nitrogens with one attached hydrogen (secondary N) is 1. The molecule has 16 heavy (non-hydrogen) atoms. The van der Waals surface area contributed by atoms with Crippen LogP contribution in [0, 0.1) is 0 Å². The molecule has 0 bridgehead atoms. The normalized spacial score (nSPS) is 11.6. The van der Waals surface area contributed by atoms with Gasteiger partial charge in [-0.1, -0.05) is 24.3 Å². The van der Waals surface area contributed by atoms with Crippen molar-refractivity contribution in [2.75, 3.05) is 6.54 Å². The second-order valence-corrected chi connectivity index (χ2v) is 4.77. The van der Waals surface area contributed by atoms with E-state index < -0.39 is 0 Å². The molecule has 0 saturated carbocycles. The quantitative estimate of drug-likeness (QED) is 0.751. The standard InChI is InChI=1S/C12H13N3S/c1-2-13-8-9-3-4-10-11(7-9)16-12-14-5-6-15(10)12/h3-7,13H,2,8H2,1H3. The Bertz CT molecular complexity index is 623. The Morgan fingerprint density at radius 2 is 2.38 bits per heavy atom. The lowest BCUT2D eigenvalue weighted by Crippen LogP contribution is -2.11. The van der Waals surface area contributed by atoms with Gasteiger partial charge in [-0.25, -0.2) is 4.98 Å². The lowest BCUT2D eigenvalue weighted by molar-refractivity contribution is 0.727. The average molecular weight is 231 g/mol. The van der Waals surface area contributed by atoms with E-state index in [2.05, 4.69) is 39.8 Å². The van der Waals surface area contributed by atoms with Gasteiger partial charge in [0.15, 0.2) is 4.96 Å². The number of nitrogens with zero attached hydrogens (tertiary/aromatic N) is 2. The number of hydrogen-bond donors (Lipinski definition) is 1. The van der Waals surface area contributed by atoms with E-state index in [1.165, 1.54) is 15.8 Å². The smallest absolute Gasteiger partial charge is 0.194 e. The van der Waals surface area contributed by atoms with Crippen LogP contribution in [0.3, 0.4) is 0 Å². The van der Waals surface area contributed by atoms with Crippen molar-refractivity contribution < 1.29 is 0 Å². The topological polar surface area (TPSA) is 29.3 Å². The van der Waals surface area contributed by atoms with Gasteiger partial charge in [0, 0.05) is 18.9 Å². The third-order valence-corrected chi connectivity index (χ3v) is 3.70. The van der Waals surface area contributed by atoms with Crippen LogP contribution >= 0.6 is 11.3 Å². The molecule has 0 aliphatic heterocycles. The summed E-state index contributed by atoms with van der Waals surface area (Å²) in [5.74, 6) is 0. The minimum absolute atomic E-state index is 0.937. The predicted molar refractivity (Wildman–Crippen MR) is 68.0 cm³/mol. The number of thiazole rings is 1. The third kappa shape index (κ3) is 1.50. The van der Waals surface area contributed by atoms with Crippen LogP contribution in [0.4, 0.5) is 0 Å². The Morgan fingerprint density at radius 1 is 1.44 bits per heavy atom. The Hall–Kier alpha value is -1.39. The molecule has 0 amide bonds. The van der Waals surface area contributed by atoms with Crippen molar-refractivity contribution in [2.45, 2.75) is 13.5 Å². The molecule has 82 valence electrons. The summed E-state index contributed by atoms with van der Waals surface area (Å²) in [6, 6.07) is 6.60. The summed E-state index contributed by atoms with van der Waals surface area (Å²) in [4.78, 5) is 5.38. The first-order valence-corrected chi connectivity index (χ1v) is 6.25. The molecule has 0 radical (unpaired) electrons. The van der Waals surface area contributed by atoms with Crippen molar-refractivity contribution in [2.24, 2.45) is 0 Å². The molecule has 0 unspecified atom stereocenters. The maximum atomic E-state index is 4.31. The minimum atomic E-state index is 0.937. The van der Waals surface area contributed by atoms with E-state index in [-0.39, 0.29) is 0 Å². The van der Waals surface area contributed by atoms with Gasteiger partial charge in [-0.2, -0.15) is 0 Å². The summed E-state index contributed by atoms with van der Waals surface area (Å²) in [6.45, 7) is 4.07. The molecule has 4 heteroatoms. The van der Waals surface area contributed by atoms with Gasteiger partial charge in [-0.15, -0.1) is 0 Å². The Kier molecular flexibility index (Phi) is 2.38. The van der Waals surface area contributed by atoms with Crippen molar-refractivity contribution in [1.82, 2.24) is 14.7 Å². The fraction of sp³-hybridized carbons (Fsp3) is 0.250. The summed E-state index contributed by atoms with van der Waals surface area (Å²) < 4.78 is 3.44. The van der Waals surface area contributed by atoms with E-state index >= 15 is 0 Å². The third-order valence-electron chi connectivity index (χ3n) is 2.67. The van der Waals surface area contributed by atoms with Gasteiger partial charge >= 0.3 is 0 Å². The highest BCUT2D eigenvalue weighted by atomic mass is 32.1. The van der Waals surface area contributed by atoms with Crippen LogP contribution in [0.25, 0.3) is 15.2 Å². The lowest BCUT2D eigenvalue weighted by atomic mass is 10.2. The molecule has 3 nitrogen and oxygen atoms in total. The molecule has 1 N–H and O–H groups in total. The second-order valence-electron chi connectivity index (χ2n) is 3.76. The van der Waals surface area contributed by atoms with Crippen molar-refractivity contribution >= 4 is 26.5 Å². The monoisotopic (exact) mass is 231 g/mol. The first kappa shape index (κ1) is 9.81. The van der Waals surface area contributed by atoms with E-state index in [1.807, 2.05) is 12.4 Å². The fourth-order valence-corrected chi connectivity index (χ4v) is 2.91. The van der Waals surface area contributed by atoms with Crippen LogP contribution in [0.2, 0.25) is 0 Å². The first-order chi connectivity index (χ1) is 7.88. The molecule has 0 atom stereocenters. The van der Waals surface area contributed by atoms with Gasteiger partial charge in [0.2, 0.25) is 0 Å². The second kappa shape index (κ2) is 3.88. The zero-order chi connectivity index (χ0) is 11.0. The Morgan fingerprint density at radius 3 is 3.25 bits per heavy atom. The average Bonchev–Trinajstić information content (AvgIpc) is 2.85. The Labute approximate surface area is 97.7 Å². The maximum absolute atomic E-state index is 4.31. The molecule has 0 saturated heterocycles. The molecule has 3 rings (SSSR count). The van der Waals surface area contributed by atoms with Crippen molar-refractivity contribution in [3.8, 4) is 0 Å². The van der Waals surface area contributed by atoms with Gasteiger partial charge in [0.25, 0.3) is 0 Å². The molecule has 2 aromatic heterocycles. The zero-order valence-corrected chi connectivity index (χ0v) is 9.92. The van der Waals surface area contributed by atoms with Crippen molar-refractivity contribution in [1.29, 1.82) is 0 Å². The number of imidazole rings is 1. The van der Waals surface area contributed by atoms with Crippen molar-refractivity contribution in [3.63, 3.8) is 0 Å². The van der Waals surface area contributed by atoms with Gasteiger partial charge in [-0.3, -0.25) is 4.40 Å². The highest BCUT2D eigenvalue weighted by Gasteiger charge is 2.05. The molecule has 3 aromatic rings. The van der Waals surface area contributed by atoms with Gasteiger partial charge in [0.1, 0.15) is 0 Å². The van der Waals surface area contributed by atoms with E-state index in [4.69, 9.17) is 0 Å². The summed E-state index contributed by atoms with van der Waals surface area (Å²) in [5.41, 5.74) is 2.58. The Balaban J connectivity index is 2.10. The number of aromatic nitrogens is 2. The molecule has 0 fully saturated rings. The molecule has 0 aliphatic carbocycles. The first-order valence-electron chi connectivity index (χ1n) is 5.43. The van der Waals surface area contributed by atoms with Crippen molar-refractivity contribution in [3.05, 3.63) is 36.2 Å². The summed E-state index contributed by atoms with van der Waals surface area (Å²) in [7, 11) is 0. The zero-order valence-electron chi connectivity index (χ0n) is 9.10. The largest absolute Gasteiger partial charge is 0.313 e. The molecule has 2 heterocycles. The van der Waals surface area contributed by atoms with Crippen LogP contribution < -0.4 is 5.32 Å². The maximum Gasteiger partial charge on any atom is 0.194 e. The molecular weight excluding hydrogens is 218 g/mol. The number of fused-ring (bicyclic) bond motifs is 3. The lowest BCUT2D eigenvalue weighted by Gasteiger charge is -2.01. The van der Waals surface area contributed by atoms with E-state index in [1.54, 1.807) is 11.3 Å². The number of benzene rings is 1. The van der Waals surface area contributed by atoms with Crippen LogP contribution in [0.15, 0.2) is 30.6 Å². The molecular formula is C12H13N3S. The van der Waals surface area contributed by atoms with E-state index in [9.17, 15) is 0 Å². The van der Waals surface area contributed by atoms with Gasteiger partial charge < -0.3 is 5.32 Å². The predicted octanol–water partition coefficient (Wildman–Crippen LogP) is 2.66.